The number of aryl methyl sites for hydroxylation is 2. The standard InChI is InChI=1S/C14H12F6N2O3S/c1-7-12(8(2)25-21-7)22(3)26(23,24)11-5-9(13(15,16)17)4-10(6-11)14(18,19)20/h4-6H,1-3H3. The van der Waals surface area contributed by atoms with Gasteiger partial charge in [0.1, 0.15) is 11.4 Å². The minimum Gasteiger partial charge on any atom is -0.359 e. The van der Waals surface area contributed by atoms with Gasteiger partial charge in [-0.3, -0.25) is 4.31 Å². The predicted molar refractivity (Wildman–Crippen MR) is 78.0 cm³/mol. The Balaban J connectivity index is 2.69. The van der Waals surface area contributed by atoms with E-state index in [-0.39, 0.29) is 35.3 Å². The van der Waals surface area contributed by atoms with Gasteiger partial charge in [0.15, 0.2) is 5.76 Å². The van der Waals surface area contributed by atoms with Crippen molar-refractivity contribution in [3.63, 3.8) is 0 Å². The van der Waals surface area contributed by atoms with Gasteiger partial charge in [0, 0.05) is 7.05 Å². The molecule has 0 atom stereocenters. The molecular weight excluding hydrogens is 390 g/mol. The van der Waals surface area contributed by atoms with Crippen molar-refractivity contribution in [1.29, 1.82) is 0 Å². The fraction of sp³-hybridized carbons (Fsp3) is 0.357. The highest BCUT2D eigenvalue weighted by atomic mass is 32.2. The zero-order valence-corrected chi connectivity index (χ0v) is 14.3. The zero-order valence-electron chi connectivity index (χ0n) is 13.5. The first-order valence-corrected chi connectivity index (χ1v) is 8.31. The Morgan fingerprint density at radius 2 is 1.42 bits per heavy atom. The molecule has 2 aromatic rings. The number of anilines is 1. The van der Waals surface area contributed by atoms with Gasteiger partial charge in [-0.05, 0) is 32.0 Å². The maximum atomic E-state index is 12.9. The second-order valence-electron chi connectivity index (χ2n) is 5.39. The minimum atomic E-state index is -5.16. The third-order valence-electron chi connectivity index (χ3n) is 3.53. The van der Waals surface area contributed by atoms with Crippen LogP contribution in [0.1, 0.15) is 22.6 Å². The number of alkyl halides is 6. The number of halogens is 6. The van der Waals surface area contributed by atoms with Crippen LogP contribution in [0.4, 0.5) is 32.0 Å². The molecule has 0 saturated heterocycles. The highest BCUT2D eigenvalue weighted by Crippen LogP contribution is 2.38. The quantitative estimate of drug-likeness (QED) is 0.724. The summed E-state index contributed by atoms with van der Waals surface area (Å²) in [5, 5.41) is 3.52. The molecule has 12 heteroatoms. The third-order valence-corrected chi connectivity index (χ3v) is 5.27. The van der Waals surface area contributed by atoms with E-state index in [1.54, 1.807) is 0 Å². The third kappa shape index (κ3) is 3.64. The van der Waals surface area contributed by atoms with E-state index in [1.165, 1.54) is 13.8 Å². The fourth-order valence-corrected chi connectivity index (χ4v) is 3.65. The lowest BCUT2D eigenvalue weighted by Crippen LogP contribution is -2.28. The van der Waals surface area contributed by atoms with E-state index in [1.807, 2.05) is 0 Å². The Morgan fingerprint density at radius 1 is 0.962 bits per heavy atom. The van der Waals surface area contributed by atoms with E-state index in [9.17, 15) is 34.8 Å². The van der Waals surface area contributed by atoms with E-state index in [2.05, 4.69) is 5.16 Å². The van der Waals surface area contributed by atoms with Crippen LogP contribution < -0.4 is 4.31 Å². The maximum Gasteiger partial charge on any atom is 0.416 e. The normalized spacial score (nSPS) is 13.1. The van der Waals surface area contributed by atoms with Gasteiger partial charge in [0.25, 0.3) is 10.0 Å². The van der Waals surface area contributed by atoms with Gasteiger partial charge in [-0.15, -0.1) is 0 Å². The van der Waals surface area contributed by atoms with Crippen molar-refractivity contribution in [3.8, 4) is 0 Å². The lowest BCUT2D eigenvalue weighted by molar-refractivity contribution is -0.143. The molecule has 0 aliphatic carbocycles. The smallest absolute Gasteiger partial charge is 0.359 e. The first-order valence-electron chi connectivity index (χ1n) is 6.87. The van der Waals surface area contributed by atoms with Gasteiger partial charge in [-0.1, -0.05) is 5.16 Å². The van der Waals surface area contributed by atoms with Crippen LogP contribution in [0.15, 0.2) is 27.6 Å². The average Bonchev–Trinajstić information content (AvgIpc) is 2.83. The average molecular weight is 402 g/mol. The van der Waals surface area contributed by atoms with Gasteiger partial charge < -0.3 is 4.52 Å². The van der Waals surface area contributed by atoms with Crippen molar-refractivity contribution in [3.05, 3.63) is 40.8 Å². The molecule has 0 saturated carbocycles. The molecule has 0 aliphatic heterocycles. The lowest BCUT2D eigenvalue weighted by Gasteiger charge is -2.21. The lowest BCUT2D eigenvalue weighted by atomic mass is 10.1. The van der Waals surface area contributed by atoms with Crippen LogP contribution in [0.25, 0.3) is 0 Å². The first-order chi connectivity index (χ1) is 11.7. The molecule has 0 radical (unpaired) electrons. The summed E-state index contributed by atoms with van der Waals surface area (Å²) < 4.78 is 108. The molecule has 1 aromatic heterocycles. The van der Waals surface area contributed by atoms with Gasteiger partial charge in [-0.25, -0.2) is 8.42 Å². The van der Waals surface area contributed by atoms with Crippen molar-refractivity contribution in [2.75, 3.05) is 11.4 Å². The summed E-state index contributed by atoms with van der Waals surface area (Å²) in [5.41, 5.74) is -3.41. The molecule has 0 fully saturated rings. The zero-order chi connectivity index (χ0) is 20.1. The van der Waals surface area contributed by atoms with Crippen LogP contribution in [-0.4, -0.2) is 20.6 Å². The van der Waals surface area contributed by atoms with Gasteiger partial charge in [0.2, 0.25) is 0 Å². The second kappa shape index (κ2) is 6.18. The first kappa shape index (κ1) is 20.1. The number of nitrogens with zero attached hydrogens (tertiary/aromatic N) is 2. The number of sulfonamides is 1. The van der Waals surface area contributed by atoms with Crippen LogP contribution in [-0.2, 0) is 22.4 Å². The maximum absolute atomic E-state index is 12.9. The van der Waals surface area contributed by atoms with Gasteiger partial charge in [-0.2, -0.15) is 26.3 Å². The summed E-state index contributed by atoms with van der Waals surface area (Å²) in [7, 11) is -3.76. The molecule has 0 N–H and O–H groups in total. The number of hydrogen-bond acceptors (Lipinski definition) is 4. The van der Waals surface area contributed by atoms with Crippen LogP contribution >= 0.6 is 0 Å². The molecule has 0 amide bonds. The summed E-state index contributed by atoms with van der Waals surface area (Å²) in [6, 6.07) is 0.160. The summed E-state index contributed by atoms with van der Waals surface area (Å²) in [4.78, 5) is -1.15. The van der Waals surface area contributed by atoms with Crippen molar-refractivity contribution >= 4 is 15.7 Å². The monoisotopic (exact) mass is 402 g/mol. The Bertz CT molecular complexity index is 879. The number of benzene rings is 1. The summed E-state index contributed by atoms with van der Waals surface area (Å²) in [6.45, 7) is 2.74. The summed E-state index contributed by atoms with van der Waals surface area (Å²) in [5.74, 6) is 0.0385. The molecule has 0 bridgehead atoms. The van der Waals surface area contributed by atoms with E-state index in [0.717, 1.165) is 7.05 Å². The molecule has 0 spiro atoms. The predicted octanol–water partition coefficient (Wildman–Crippen LogP) is 4.15. The SMILES string of the molecule is Cc1noc(C)c1N(C)S(=O)(=O)c1cc(C(F)(F)F)cc(C(F)(F)F)c1. The highest BCUT2D eigenvalue weighted by Gasteiger charge is 2.39. The molecule has 26 heavy (non-hydrogen) atoms. The van der Waals surface area contributed by atoms with Crippen molar-refractivity contribution < 1.29 is 39.3 Å². The van der Waals surface area contributed by atoms with Crippen molar-refractivity contribution in [2.24, 2.45) is 0 Å². The Hall–Kier alpha value is -2.24. The van der Waals surface area contributed by atoms with Crippen LogP contribution in [0, 0.1) is 13.8 Å². The van der Waals surface area contributed by atoms with Crippen LogP contribution in [0.3, 0.4) is 0 Å². The van der Waals surface area contributed by atoms with E-state index >= 15 is 0 Å². The molecule has 2 rings (SSSR count). The van der Waals surface area contributed by atoms with Crippen LogP contribution in [0.5, 0.6) is 0 Å². The Labute approximate surface area is 144 Å². The molecule has 5 nitrogen and oxygen atoms in total. The largest absolute Gasteiger partial charge is 0.416 e. The second-order valence-corrected chi connectivity index (χ2v) is 7.36. The number of rotatable bonds is 3. The molecular formula is C14H12F6N2O3S. The van der Waals surface area contributed by atoms with E-state index in [4.69, 9.17) is 4.52 Å². The number of hydrogen-bond donors (Lipinski definition) is 0. The molecule has 0 aliphatic rings. The van der Waals surface area contributed by atoms with Gasteiger partial charge >= 0.3 is 12.4 Å². The molecule has 1 heterocycles. The summed E-state index contributed by atoms with van der Waals surface area (Å²) >= 11 is 0. The van der Waals surface area contributed by atoms with Crippen molar-refractivity contribution in [1.82, 2.24) is 5.16 Å². The van der Waals surface area contributed by atoms with Crippen LogP contribution in [0.2, 0.25) is 0 Å². The van der Waals surface area contributed by atoms with Gasteiger partial charge in [0.05, 0.1) is 16.0 Å². The molecule has 1 aromatic carbocycles. The van der Waals surface area contributed by atoms with Crippen molar-refractivity contribution in [2.45, 2.75) is 31.1 Å². The Morgan fingerprint density at radius 3 is 1.77 bits per heavy atom. The Kier molecular flexibility index (Phi) is 4.77. The minimum absolute atomic E-state index is 0.0385. The topological polar surface area (TPSA) is 63.4 Å². The van der Waals surface area contributed by atoms with E-state index in [0.29, 0.717) is 4.31 Å². The molecule has 0 unspecified atom stereocenters. The van der Waals surface area contributed by atoms with E-state index < -0.39 is 38.4 Å². The fourth-order valence-electron chi connectivity index (χ4n) is 2.28. The molecule has 144 valence electrons. The highest BCUT2D eigenvalue weighted by molar-refractivity contribution is 7.92. The number of aromatic nitrogens is 1. The summed E-state index contributed by atoms with van der Waals surface area (Å²) in [6.07, 6.45) is -10.3.